The average molecular weight is 374 g/mol. The number of nitrogens with two attached hydrogens (primary N) is 1. The molecule has 0 aliphatic carbocycles. The van der Waals surface area contributed by atoms with Gasteiger partial charge in [-0.2, -0.15) is 0 Å². The van der Waals surface area contributed by atoms with Gasteiger partial charge in [-0.3, -0.25) is 14.6 Å². The van der Waals surface area contributed by atoms with Crippen molar-refractivity contribution in [1.82, 2.24) is 4.98 Å². The van der Waals surface area contributed by atoms with Gasteiger partial charge in [-0.25, -0.2) is 0 Å². The van der Waals surface area contributed by atoms with E-state index >= 15 is 0 Å². The first-order valence-electron chi connectivity index (χ1n) is 9.31. The van der Waals surface area contributed by atoms with Crippen molar-refractivity contribution in [3.8, 4) is 0 Å². The molecule has 6 heteroatoms. The number of piperazine rings is 1. The minimum atomic E-state index is -0.427. The number of hydrogen-bond acceptors (Lipinski definition) is 5. The molecule has 2 N–H and O–H groups in total. The Kier molecular flexibility index (Phi) is 4.69. The highest BCUT2D eigenvalue weighted by Crippen LogP contribution is 2.28. The highest BCUT2D eigenvalue weighted by molar-refractivity contribution is 6.01. The van der Waals surface area contributed by atoms with Crippen LogP contribution in [0.3, 0.4) is 0 Å². The minimum absolute atomic E-state index is 0.0788. The molecule has 0 bridgehead atoms. The van der Waals surface area contributed by atoms with Crippen LogP contribution in [-0.2, 0) is 0 Å². The number of carbonyl (C=O) groups excluding carboxylic acids is 2. The molecule has 2 aromatic carbocycles. The third-order valence-electron chi connectivity index (χ3n) is 5.28. The molecule has 0 unspecified atom stereocenters. The fraction of sp³-hybridized carbons (Fsp3) is 0.227. The van der Waals surface area contributed by atoms with Crippen molar-refractivity contribution >= 4 is 33.8 Å². The standard InChI is InChI=1S/C22H22N4O2/c1-15(27)16-4-6-19(7-5-16)25-8-10-26(11-9-25)21-14-24-13-18-3-2-17(22(23)28)12-20(18)21/h2-7,12-14H,8-11H2,1H3,(H2,23,28). The first-order chi connectivity index (χ1) is 13.5. The third-order valence-corrected chi connectivity index (χ3v) is 5.28. The fourth-order valence-electron chi connectivity index (χ4n) is 3.67. The smallest absolute Gasteiger partial charge is 0.248 e. The SMILES string of the molecule is CC(=O)c1ccc(N2CCN(c3cncc4ccc(C(N)=O)cc34)CC2)cc1. The number of ketones is 1. The van der Waals surface area contributed by atoms with E-state index in [0.717, 1.165) is 53.9 Å². The summed E-state index contributed by atoms with van der Waals surface area (Å²) in [5.41, 5.74) is 8.83. The van der Waals surface area contributed by atoms with E-state index in [9.17, 15) is 9.59 Å². The molecule has 0 spiro atoms. The molecular weight excluding hydrogens is 352 g/mol. The largest absolute Gasteiger partial charge is 0.368 e. The topological polar surface area (TPSA) is 79.5 Å². The van der Waals surface area contributed by atoms with Crippen LogP contribution in [0, 0.1) is 0 Å². The van der Waals surface area contributed by atoms with E-state index in [1.54, 1.807) is 19.2 Å². The van der Waals surface area contributed by atoms with Crippen molar-refractivity contribution in [3.05, 3.63) is 66.0 Å². The second-order valence-corrected chi connectivity index (χ2v) is 7.04. The summed E-state index contributed by atoms with van der Waals surface area (Å²) in [6.45, 7) is 5.00. The molecule has 28 heavy (non-hydrogen) atoms. The minimum Gasteiger partial charge on any atom is -0.368 e. The molecule has 142 valence electrons. The number of Topliss-reactive ketones (excluding diaryl/α,β-unsaturated/α-hetero) is 1. The number of pyridine rings is 1. The van der Waals surface area contributed by atoms with Gasteiger partial charge in [0.05, 0.1) is 11.9 Å². The third kappa shape index (κ3) is 3.41. The normalized spacial score (nSPS) is 14.3. The molecule has 1 amide bonds. The number of nitrogens with zero attached hydrogens (tertiary/aromatic N) is 3. The zero-order chi connectivity index (χ0) is 19.7. The summed E-state index contributed by atoms with van der Waals surface area (Å²) in [7, 11) is 0. The van der Waals surface area contributed by atoms with Crippen molar-refractivity contribution in [3.63, 3.8) is 0 Å². The molecule has 2 heterocycles. The Hall–Kier alpha value is -3.41. The van der Waals surface area contributed by atoms with Crippen LogP contribution in [0.15, 0.2) is 54.9 Å². The fourth-order valence-corrected chi connectivity index (χ4v) is 3.67. The Labute approximate surface area is 163 Å². The number of rotatable bonds is 4. The van der Waals surface area contributed by atoms with Crippen LogP contribution in [0.1, 0.15) is 27.6 Å². The van der Waals surface area contributed by atoms with E-state index in [2.05, 4.69) is 14.8 Å². The van der Waals surface area contributed by atoms with Crippen LogP contribution in [0.2, 0.25) is 0 Å². The highest BCUT2D eigenvalue weighted by atomic mass is 16.1. The van der Waals surface area contributed by atoms with Gasteiger partial charge in [0.15, 0.2) is 5.78 Å². The lowest BCUT2D eigenvalue weighted by Crippen LogP contribution is -2.46. The number of fused-ring (bicyclic) bond motifs is 1. The lowest BCUT2D eigenvalue weighted by Gasteiger charge is -2.37. The molecule has 0 radical (unpaired) electrons. The number of amides is 1. The molecule has 4 rings (SSSR count). The number of hydrogen-bond donors (Lipinski definition) is 1. The molecule has 0 atom stereocenters. The number of benzene rings is 2. The molecular formula is C22H22N4O2. The number of carbonyl (C=O) groups is 2. The molecule has 0 saturated carbocycles. The molecule has 1 aliphatic rings. The van der Waals surface area contributed by atoms with Gasteiger partial charge in [0.1, 0.15) is 0 Å². The van der Waals surface area contributed by atoms with E-state index in [4.69, 9.17) is 5.73 Å². The first kappa shape index (κ1) is 18.0. The maximum atomic E-state index is 11.6. The van der Waals surface area contributed by atoms with Crippen molar-refractivity contribution in [2.75, 3.05) is 36.0 Å². The summed E-state index contributed by atoms with van der Waals surface area (Å²) in [4.78, 5) is 32.0. The summed E-state index contributed by atoms with van der Waals surface area (Å²) in [6, 6.07) is 13.2. The van der Waals surface area contributed by atoms with Crippen LogP contribution >= 0.6 is 0 Å². The molecule has 1 aromatic heterocycles. The average Bonchev–Trinajstić information content (AvgIpc) is 2.73. The zero-order valence-electron chi connectivity index (χ0n) is 15.8. The number of anilines is 2. The monoisotopic (exact) mass is 374 g/mol. The highest BCUT2D eigenvalue weighted by Gasteiger charge is 2.20. The van der Waals surface area contributed by atoms with Crippen molar-refractivity contribution in [1.29, 1.82) is 0 Å². The van der Waals surface area contributed by atoms with Gasteiger partial charge in [-0.15, -0.1) is 0 Å². The van der Waals surface area contributed by atoms with E-state index < -0.39 is 5.91 Å². The Bertz CT molecular complexity index is 1040. The Morgan fingerprint density at radius 1 is 0.893 bits per heavy atom. The predicted molar refractivity (Wildman–Crippen MR) is 111 cm³/mol. The molecule has 1 aliphatic heterocycles. The van der Waals surface area contributed by atoms with Crippen LogP contribution in [0.5, 0.6) is 0 Å². The van der Waals surface area contributed by atoms with Gasteiger partial charge in [0, 0.05) is 60.0 Å². The second-order valence-electron chi connectivity index (χ2n) is 7.04. The Balaban J connectivity index is 1.54. The zero-order valence-corrected chi connectivity index (χ0v) is 15.8. The van der Waals surface area contributed by atoms with Crippen molar-refractivity contribution < 1.29 is 9.59 Å². The maximum absolute atomic E-state index is 11.6. The van der Waals surface area contributed by atoms with E-state index in [0.29, 0.717) is 5.56 Å². The second kappa shape index (κ2) is 7.31. The lowest BCUT2D eigenvalue weighted by molar-refractivity contribution is 0.0996. The van der Waals surface area contributed by atoms with Crippen molar-refractivity contribution in [2.24, 2.45) is 5.73 Å². The lowest BCUT2D eigenvalue weighted by atomic mass is 10.1. The number of aromatic nitrogens is 1. The summed E-state index contributed by atoms with van der Waals surface area (Å²) in [5, 5.41) is 1.98. The summed E-state index contributed by atoms with van der Waals surface area (Å²) >= 11 is 0. The summed E-state index contributed by atoms with van der Waals surface area (Å²) in [6.07, 6.45) is 3.65. The van der Waals surface area contributed by atoms with Gasteiger partial charge < -0.3 is 15.5 Å². The van der Waals surface area contributed by atoms with Crippen molar-refractivity contribution in [2.45, 2.75) is 6.92 Å². The van der Waals surface area contributed by atoms with Crippen LogP contribution in [0.25, 0.3) is 10.8 Å². The maximum Gasteiger partial charge on any atom is 0.248 e. The predicted octanol–water partition coefficient (Wildman–Crippen LogP) is 2.86. The molecule has 1 saturated heterocycles. The first-order valence-corrected chi connectivity index (χ1v) is 9.31. The van der Waals surface area contributed by atoms with Crippen LogP contribution < -0.4 is 15.5 Å². The molecule has 3 aromatic rings. The Morgan fingerprint density at radius 3 is 2.18 bits per heavy atom. The Morgan fingerprint density at radius 2 is 1.54 bits per heavy atom. The van der Waals surface area contributed by atoms with Gasteiger partial charge in [-0.05, 0) is 43.3 Å². The van der Waals surface area contributed by atoms with E-state index in [1.165, 1.54) is 0 Å². The van der Waals surface area contributed by atoms with Gasteiger partial charge >= 0.3 is 0 Å². The van der Waals surface area contributed by atoms with Gasteiger partial charge in [-0.1, -0.05) is 6.07 Å². The van der Waals surface area contributed by atoms with Crippen LogP contribution in [-0.4, -0.2) is 42.9 Å². The van der Waals surface area contributed by atoms with Gasteiger partial charge in [0.2, 0.25) is 5.91 Å². The van der Waals surface area contributed by atoms with Gasteiger partial charge in [0.25, 0.3) is 0 Å². The number of primary amides is 1. The van der Waals surface area contributed by atoms with Crippen LogP contribution in [0.4, 0.5) is 11.4 Å². The molecule has 6 nitrogen and oxygen atoms in total. The van der Waals surface area contributed by atoms with E-state index in [1.807, 2.05) is 42.6 Å². The summed E-state index contributed by atoms with van der Waals surface area (Å²) in [5.74, 6) is -0.348. The molecule has 1 fully saturated rings. The van der Waals surface area contributed by atoms with E-state index in [-0.39, 0.29) is 5.78 Å². The quantitative estimate of drug-likeness (QED) is 0.711. The summed E-state index contributed by atoms with van der Waals surface area (Å²) < 4.78 is 0.